The van der Waals surface area contributed by atoms with E-state index in [0.29, 0.717) is 76.6 Å². The van der Waals surface area contributed by atoms with Gasteiger partial charge < -0.3 is 57.4 Å². The van der Waals surface area contributed by atoms with Crippen molar-refractivity contribution in [1.29, 1.82) is 0 Å². The molecule has 0 unspecified atom stereocenters. The number of nitrogens with one attached hydrogen (secondary N) is 2. The molecular weight excluding hydrogens is 923 g/mol. The first kappa shape index (κ1) is 53.2. The number of carbonyl (C=O) groups is 1. The molecule has 2 aromatic carbocycles. The minimum Gasteiger partial charge on any atom is -1.00 e. The lowest BCUT2D eigenvalue weighted by atomic mass is 10.2. The van der Waals surface area contributed by atoms with Gasteiger partial charge in [-0.1, -0.05) is 10.2 Å². The number of aryl methyl sites for hydroxylation is 2. The van der Waals surface area contributed by atoms with Crippen LogP contribution in [0, 0.1) is 13.8 Å². The molecule has 22 nitrogen and oxygen atoms in total. The van der Waals surface area contributed by atoms with Crippen molar-refractivity contribution in [2.75, 3.05) is 65.4 Å². The molecule has 4 rings (SSSR count). The molecule has 10 N–H and O–H groups in total. The highest BCUT2D eigenvalue weighted by molar-refractivity contribution is 7.92. The fraction of sp³-hybridized carbons (Fsp3) is 0.485. The van der Waals surface area contributed by atoms with E-state index in [0.717, 1.165) is 58.7 Å². The van der Waals surface area contributed by atoms with Gasteiger partial charge in [0.1, 0.15) is 21.0 Å². The standard InChI is InChI=1S/C17H25N3O5S2.C16H22N7O7PS2.ClH/c1-12-13-10-14(24-8-2-4-18)15(25-9-3-5-19)11-16(13)26-17(12)27(22,23)20-6-7-21;1-11-12-8-13(29-6-2-4-19-22-17)14(30-7-3-5-20-23-18)9-15(12)32-16(11)33(27,28)21-10-31(24,25)26;/h7,10-11,20H,2-6,8-9,18-19H2,1H3;8-9,21H,2-7,10H2,1H3,(H2,24,25,26);1H/p+1. The van der Waals surface area contributed by atoms with Gasteiger partial charge in [0.15, 0.2) is 23.0 Å². The maximum atomic E-state index is 12.6. The molecule has 28 heteroatoms. The number of benzene rings is 2. The Balaban J connectivity index is 0.000000421. The van der Waals surface area contributed by atoms with Crippen LogP contribution in [0.25, 0.3) is 41.1 Å². The minimum atomic E-state index is -4.58. The summed E-state index contributed by atoms with van der Waals surface area (Å²) in [5, 5.41) is 8.23. The largest absolute Gasteiger partial charge is 1.00 e. The average Bonchev–Trinajstić information content (AvgIpc) is 3.71. The summed E-state index contributed by atoms with van der Waals surface area (Å²) in [4.78, 5) is 33.8. The number of thiophene rings is 2. The van der Waals surface area contributed by atoms with E-state index in [9.17, 15) is 26.2 Å². The van der Waals surface area contributed by atoms with Crippen LogP contribution in [0.5, 0.6) is 23.0 Å². The van der Waals surface area contributed by atoms with E-state index >= 15 is 0 Å². The molecule has 0 spiro atoms. The summed E-state index contributed by atoms with van der Waals surface area (Å²) >= 11 is 2.07. The van der Waals surface area contributed by atoms with Crippen LogP contribution < -0.4 is 52.3 Å². The fourth-order valence-corrected chi connectivity index (χ4v) is 11.7. The summed E-state index contributed by atoms with van der Waals surface area (Å²) in [6, 6.07) is 6.88. The Bertz CT molecular complexity index is 2450. The molecular formula is C33H49ClN10O12PS4+. The smallest absolute Gasteiger partial charge is 0.340 e. The van der Waals surface area contributed by atoms with Gasteiger partial charge >= 0.3 is 7.60 Å². The Morgan fingerprint density at radius 2 is 1.10 bits per heavy atom. The molecule has 0 saturated carbocycles. The highest BCUT2D eigenvalue weighted by atomic mass is 35.5. The van der Waals surface area contributed by atoms with Crippen molar-refractivity contribution >= 4 is 76.8 Å². The second-order valence-electron chi connectivity index (χ2n) is 12.5. The molecule has 0 aliphatic heterocycles. The highest BCUT2D eigenvalue weighted by Crippen LogP contribution is 2.43. The molecule has 0 atom stereocenters. The number of fused-ring (bicyclic) bond motifs is 2. The van der Waals surface area contributed by atoms with E-state index < -0.39 is 33.9 Å². The zero-order valence-electron chi connectivity index (χ0n) is 33.3. The van der Waals surface area contributed by atoms with E-state index in [1.54, 1.807) is 26.0 Å². The van der Waals surface area contributed by atoms with Crippen molar-refractivity contribution in [3.8, 4) is 23.0 Å². The number of ether oxygens (including phenoxy) is 4. The first-order valence-corrected chi connectivity index (χ1v) is 24.7. The topological polar surface area (TPSA) is 357 Å². The first-order valence-electron chi connectivity index (χ1n) is 18.3. The Labute approximate surface area is 366 Å². The number of aldehydes is 1. The number of rotatable bonds is 26. The number of nitrogens with zero attached hydrogens (tertiary/aromatic N) is 6. The zero-order chi connectivity index (χ0) is 44.3. The molecule has 0 aliphatic carbocycles. The first-order chi connectivity index (χ1) is 28.5. The number of carbonyl (C=O) groups excluding carboxylic acids is 1. The van der Waals surface area contributed by atoms with Gasteiger partial charge in [-0.3, -0.25) is 4.57 Å². The van der Waals surface area contributed by atoms with Crippen LogP contribution in [0.4, 0.5) is 0 Å². The molecule has 0 fully saturated rings. The molecule has 0 radical (unpaired) electrons. The van der Waals surface area contributed by atoms with Crippen molar-refractivity contribution < 1.29 is 78.8 Å². The maximum Gasteiger partial charge on any atom is 0.340 e. The van der Waals surface area contributed by atoms with E-state index in [4.69, 9.17) is 39.8 Å². The molecule has 0 amide bonds. The lowest BCUT2D eigenvalue weighted by Crippen LogP contribution is -3.00. The molecule has 4 aromatic rings. The van der Waals surface area contributed by atoms with E-state index in [1.807, 2.05) is 16.9 Å². The molecule has 338 valence electrons. The van der Waals surface area contributed by atoms with Gasteiger partial charge in [0, 0.05) is 68.1 Å². The predicted molar refractivity (Wildman–Crippen MR) is 226 cm³/mol. The molecule has 0 aliphatic rings. The summed E-state index contributed by atoms with van der Waals surface area (Å²) in [5.41, 5.74) is 25.3. The van der Waals surface area contributed by atoms with Crippen molar-refractivity contribution in [3.05, 3.63) is 56.3 Å². The Hall–Kier alpha value is -3.97. The second-order valence-corrected chi connectivity index (χ2v) is 20.2. The van der Waals surface area contributed by atoms with Gasteiger partial charge in [-0.05, 0) is 61.0 Å². The van der Waals surface area contributed by atoms with Gasteiger partial charge in [0.2, 0.25) is 0 Å². The third-order valence-corrected chi connectivity index (χ3v) is 15.3. The van der Waals surface area contributed by atoms with Crippen LogP contribution >= 0.6 is 30.3 Å². The number of azide groups is 2. The lowest BCUT2D eigenvalue weighted by Gasteiger charge is -2.13. The van der Waals surface area contributed by atoms with Crippen molar-refractivity contribution in [3.63, 3.8) is 0 Å². The number of hydrogen-bond donors (Lipinski definition) is 6. The monoisotopic (exact) mass is 971 g/mol. The molecule has 2 heterocycles. The fourth-order valence-electron chi connectivity index (χ4n) is 5.11. The van der Waals surface area contributed by atoms with Crippen LogP contribution in [0.2, 0.25) is 0 Å². The van der Waals surface area contributed by atoms with Crippen LogP contribution in [-0.4, -0.2) is 98.3 Å². The van der Waals surface area contributed by atoms with E-state index in [2.05, 4.69) is 36.2 Å². The normalized spacial score (nSPS) is 11.4. The van der Waals surface area contributed by atoms with Crippen LogP contribution in [0.15, 0.2) is 42.9 Å². The maximum absolute atomic E-state index is 12.6. The molecule has 0 bridgehead atoms. The molecule has 0 saturated heterocycles. The van der Waals surface area contributed by atoms with Crippen molar-refractivity contribution in [1.82, 2.24) is 9.44 Å². The number of hydrogen-bond acceptors (Lipinski definition) is 14. The third kappa shape index (κ3) is 16.3. The van der Waals surface area contributed by atoms with Gasteiger partial charge in [0.25, 0.3) is 20.0 Å². The van der Waals surface area contributed by atoms with Gasteiger partial charge in [0.05, 0.1) is 46.1 Å². The Kier molecular flexibility index (Phi) is 22.5. The molecule has 61 heavy (non-hydrogen) atoms. The van der Waals surface area contributed by atoms with Crippen molar-refractivity contribution in [2.45, 2.75) is 47.9 Å². The summed E-state index contributed by atoms with van der Waals surface area (Å²) in [6.45, 7) is 6.55. The SMILES string of the molecule is Cc1c(S(=O)(=O)NCC=O)sc2cc(OCCC[NH3+])c(OCCC[NH3+])cc12.Cc1c(S(=O)(=O)NCP(=O)(O)O)sc2cc(OCCCN=[N+]=[N-])c(OCCCN=[N+]=[N-])cc12.[Cl-]. The average molecular weight is 973 g/mol. The Morgan fingerprint density at radius 1 is 0.721 bits per heavy atom. The van der Waals surface area contributed by atoms with E-state index in [-0.39, 0.29) is 53.7 Å². The minimum absolute atomic E-state index is 0. The van der Waals surface area contributed by atoms with E-state index in [1.165, 1.54) is 0 Å². The second kappa shape index (κ2) is 25.8. The predicted octanol–water partition coefficient (Wildman–Crippen LogP) is 0.494. The number of quaternary nitrogens is 2. The Morgan fingerprint density at radius 3 is 1.46 bits per heavy atom. The zero-order valence-corrected chi connectivity index (χ0v) is 38.2. The van der Waals surface area contributed by atoms with Gasteiger partial charge in [-0.15, -0.1) is 22.7 Å². The summed E-state index contributed by atoms with van der Waals surface area (Å²) in [5.74, 6) is 1.87. The van der Waals surface area contributed by atoms with Gasteiger partial charge in [-0.2, -0.15) is 4.72 Å². The number of halogens is 1. The summed E-state index contributed by atoms with van der Waals surface area (Å²) in [6.07, 6.45) is 2.04. The van der Waals surface area contributed by atoms with Gasteiger partial charge in [-0.25, -0.2) is 21.6 Å². The summed E-state index contributed by atoms with van der Waals surface area (Å²) < 4.78 is 90.0. The quantitative estimate of drug-likeness (QED) is 0.0125. The van der Waals surface area contributed by atoms with Crippen molar-refractivity contribution in [2.24, 2.45) is 10.2 Å². The van der Waals surface area contributed by atoms with Crippen LogP contribution in [0.3, 0.4) is 0 Å². The number of sulfonamides is 2. The summed E-state index contributed by atoms with van der Waals surface area (Å²) in [7, 11) is -12.5. The molecule has 2 aromatic heterocycles. The van der Waals surface area contributed by atoms with Crippen LogP contribution in [-0.2, 0) is 29.4 Å². The van der Waals surface area contributed by atoms with Crippen LogP contribution in [0.1, 0.15) is 36.8 Å². The highest BCUT2D eigenvalue weighted by Gasteiger charge is 2.26. The lowest BCUT2D eigenvalue weighted by molar-refractivity contribution is -0.369. The third-order valence-electron chi connectivity index (χ3n) is 7.97.